The van der Waals surface area contributed by atoms with Crippen molar-refractivity contribution in [3.63, 3.8) is 0 Å². The molecule has 0 saturated heterocycles. The van der Waals surface area contributed by atoms with Gasteiger partial charge in [0, 0.05) is 34.6 Å². The lowest BCUT2D eigenvalue weighted by molar-refractivity contribution is 0.414. The van der Waals surface area contributed by atoms with E-state index in [9.17, 15) is 0 Å². The summed E-state index contributed by atoms with van der Waals surface area (Å²) in [5.74, 6) is 14.1. The zero-order valence-electron chi connectivity index (χ0n) is 17.8. The molecule has 0 N–H and O–H groups in total. The number of methoxy groups -OCH3 is 2. The number of rotatable bonds is 3. The molecule has 4 aromatic rings. The molecule has 4 nitrogen and oxygen atoms in total. The summed E-state index contributed by atoms with van der Waals surface area (Å²) in [4.78, 5) is 9.00. The van der Waals surface area contributed by atoms with Crippen LogP contribution in [0.15, 0.2) is 85.2 Å². The van der Waals surface area contributed by atoms with Crippen molar-refractivity contribution in [1.82, 2.24) is 9.97 Å². The van der Waals surface area contributed by atoms with Crippen LogP contribution in [0.2, 0.25) is 0 Å². The molecular formula is C28H20N2O2. The van der Waals surface area contributed by atoms with E-state index >= 15 is 0 Å². The molecule has 4 heteroatoms. The van der Waals surface area contributed by atoms with Crippen LogP contribution in [0.3, 0.4) is 0 Å². The molecule has 0 bridgehead atoms. The summed E-state index contributed by atoms with van der Waals surface area (Å²) in [5.41, 5.74) is 5.00. The molecule has 0 spiro atoms. The first-order valence-electron chi connectivity index (χ1n) is 9.98. The Morgan fingerprint density at radius 2 is 0.969 bits per heavy atom. The quantitative estimate of drug-likeness (QED) is 0.443. The third-order valence-electron chi connectivity index (χ3n) is 4.63. The number of aromatic nitrogens is 2. The van der Waals surface area contributed by atoms with Gasteiger partial charge in [-0.1, -0.05) is 35.8 Å². The SMILES string of the molecule is COc1cccc(C#Cc2ccc(-c3ccc(C#Cc4cccc(OC)c4)cn3)nc2)c1. The van der Waals surface area contributed by atoms with Gasteiger partial charge in [-0.25, -0.2) is 0 Å². The van der Waals surface area contributed by atoms with Gasteiger partial charge in [0.25, 0.3) is 0 Å². The molecule has 154 valence electrons. The van der Waals surface area contributed by atoms with E-state index in [0.717, 1.165) is 45.1 Å². The van der Waals surface area contributed by atoms with Gasteiger partial charge in [0.05, 0.1) is 25.6 Å². The van der Waals surface area contributed by atoms with Gasteiger partial charge in [-0.05, 0) is 60.7 Å². The molecule has 0 atom stereocenters. The molecule has 0 aliphatic carbocycles. The fraction of sp³-hybridized carbons (Fsp3) is 0.0714. The van der Waals surface area contributed by atoms with Crippen molar-refractivity contribution in [2.75, 3.05) is 14.2 Å². The van der Waals surface area contributed by atoms with Crippen molar-refractivity contribution in [1.29, 1.82) is 0 Å². The average Bonchev–Trinajstić information content (AvgIpc) is 2.87. The van der Waals surface area contributed by atoms with E-state index in [0.29, 0.717) is 0 Å². The average molecular weight is 416 g/mol. The summed E-state index contributed by atoms with van der Waals surface area (Å²) in [6, 6.07) is 23.0. The highest BCUT2D eigenvalue weighted by molar-refractivity contribution is 5.57. The topological polar surface area (TPSA) is 44.2 Å². The van der Waals surface area contributed by atoms with E-state index in [1.807, 2.05) is 72.8 Å². The van der Waals surface area contributed by atoms with E-state index in [1.165, 1.54) is 0 Å². The summed E-state index contributed by atoms with van der Waals surface area (Å²) in [7, 11) is 3.28. The minimum absolute atomic E-state index is 0.782. The molecular weight excluding hydrogens is 396 g/mol. The number of benzene rings is 2. The van der Waals surface area contributed by atoms with Crippen molar-refractivity contribution in [2.24, 2.45) is 0 Å². The maximum atomic E-state index is 5.23. The zero-order valence-corrected chi connectivity index (χ0v) is 17.8. The second-order valence-corrected chi connectivity index (χ2v) is 6.83. The van der Waals surface area contributed by atoms with Gasteiger partial charge in [-0.15, -0.1) is 0 Å². The summed E-state index contributed by atoms with van der Waals surface area (Å²) in [6.45, 7) is 0. The molecule has 2 aromatic heterocycles. The normalized spacial score (nSPS) is 9.69. The van der Waals surface area contributed by atoms with Crippen LogP contribution in [0.5, 0.6) is 11.5 Å². The number of hydrogen-bond donors (Lipinski definition) is 0. The first kappa shape index (κ1) is 20.7. The predicted octanol–water partition coefficient (Wildman–Crippen LogP) is 4.96. The number of ether oxygens (including phenoxy) is 2. The third-order valence-corrected chi connectivity index (χ3v) is 4.63. The van der Waals surface area contributed by atoms with Crippen LogP contribution in [0.1, 0.15) is 22.3 Å². The Labute approximate surface area is 187 Å². The van der Waals surface area contributed by atoms with Crippen molar-refractivity contribution in [3.05, 3.63) is 107 Å². The third kappa shape index (κ3) is 5.33. The Bertz CT molecular complexity index is 1230. The zero-order chi connectivity index (χ0) is 22.2. The van der Waals surface area contributed by atoms with Gasteiger partial charge in [-0.2, -0.15) is 0 Å². The second kappa shape index (κ2) is 9.98. The lowest BCUT2D eigenvalue weighted by Crippen LogP contribution is -1.89. The van der Waals surface area contributed by atoms with Gasteiger partial charge >= 0.3 is 0 Å². The molecule has 0 amide bonds. The monoisotopic (exact) mass is 416 g/mol. The second-order valence-electron chi connectivity index (χ2n) is 6.83. The lowest BCUT2D eigenvalue weighted by Gasteiger charge is -2.01. The fourth-order valence-corrected chi connectivity index (χ4v) is 2.93. The number of pyridine rings is 2. The van der Waals surface area contributed by atoms with Crippen molar-refractivity contribution in [3.8, 4) is 46.6 Å². The van der Waals surface area contributed by atoms with Gasteiger partial charge in [0.1, 0.15) is 11.5 Å². The number of nitrogens with zero attached hydrogens (tertiary/aromatic N) is 2. The van der Waals surface area contributed by atoms with Crippen LogP contribution in [0.4, 0.5) is 0 Å². The molecule has 0 fully saturated rings. The van der Waals surface area contributed by atoms with Crippen molar-refractivity contribution < 1.29 is 9.47 Å². The largest absolute Gasteiger partial charge is 0.497 e. The summed E-state index contributed by atoms with van der Waals surface area (Å²) < 4.78 is 10.5. The van der Waals surface area contributed by atoms with Crippen molar-refractivity contribution >= 4 is 0 Å². The molecule has 2 heterocycles. The predicted molar refractivity (Wildman–Crippen MR) is 125 cm³/mol. The Kier molecular flexibility index (Phi) is 6.46. The Morgan fingerprint density at radius 1 is 0.531 bits per heavy atom. The maximum Gasteiger partial charge on any atom is 0.120 e. The summed E-state index contributed by atoms with van der Waals surface area (Å²) in [6.07, 6.45) is 3.50. The molecule has 32 heavy (non-hydrogen) atoms. The van der Waals surface area contributed by atoms with Crippen LogP contribution in [-0.2, 0) is 0 Å². The fourth-order valence-electron chi connectivity index (χ4n) is 2.93. The highest BCUT2D eigenvalue weighted by atomic mass is 16.5. The van der Waals surface area contributed by atoms with E-state index in [4.69, 9.17) is 9.47 Å². The maximum absolute atomic E-state index is 5.23. The number of hydrogen-bond acceptors (Lipinski definition) is 4. The van der Waals surface area contributed by atoms with Crippen LogP contribution in [-0.4, -0.2) is 24.2 Å². The van der Waals surface area contributed by atoms with E-state index in [2.05, 4.69) is 33.6 Å². The first-order valence-corrected chi connectivity index (χ1v) is 9.98. The van der Waals surface area contributed by atoms with E-state index in [-0.39, 0.29) is 0 Å². The van der Waals surface area contributed by atoms with Crippen LogP contribution in [0.25, 0.3) is 11.4 Å². The van der Waals surface area contributed by atoms with Crippen molar-refractivity contribution in [2.45, 2.75) is 0 Å². The Hall–Kier alpha value is -4.54. The highest BCUT2D eigenvalue weighted by Gasteiger charge is 2.01. The molecule has 0 aliphatic rings. The van der Waals surface area contributed by atoms with Gasteiger partial charge in [-0.3, -0.25) is 9.97 Å². The molecule has 4 rings (SSSR count). The van der Waals surface area contributed by atoms with Gasteiger partial charge in [0.2, 0.25) is 0 Å². The smallest absolute Gasteiger partial charge is 0.120 e. The van der Waals surface area contributed by atoms with Crippen LogP contribution in [0, 0.1) is 23.7 Å². The molecule has 0 radical (unpaired) electrons. The van der Waals surface area contributed by atoms with Gasteiger partial charge < -0.3 is 9.47 Å². The van der Waals surface area contributed by atoms with Crippen LogP contribution < -0.4 is 9.47 Å². The first-order chi connectivity index (χ1) is 15.7. The minimum atomic E-state index is 0.782. The molecule has 0 unspecified atom stereocenters. The highest BCUT2D eigenvalue weighted by Crippen LogP contribution is 2.16. The van der Waals surface area contributed by atoms with E-state index in [1.54, 1.807) is 26.6 Å². The summed E-state index contributed by atoms with van der Waals surface area (Å²) in [5, 5.41) is 0. The van der Waals surface area contributed by atoms with Gasteiger partial charge in [0.15, 0.2) is 0 Å². The van der Waals surface area contributed by atoms with Crippen LogP contribution >= 0.6 is 0 Å². The molecule has 2 aromatic carbocycles. The standard InChI is InChI=1S/C28H20N2O2/c1-31-25-7-3-5-21(17-25)9-11-23-13-15-27(29-19-23)28-16-14-24(20-30-28)12-10-22-6-4-8-26(18-22)32-2/h3-8,13-20H,1-2H3. The Balaban J connectivity index is 1.46. The lowest BCUT2D eigenvalue weighted by atomic mass is 10.1. The minimum Gasteiger partial charge on any atom is -0.497 e. The molecule has 0 aliphatic heterocycles. The van der Waals surface area contributed by atoms with E-state index < -0.39 is 0 Å². The molecule has 0 saturated carbocycles. The summed E-state index contributed by atoms with van der Waals surface area (Å²) >= 11 is 0. The Morgan fingerprint density at radius 3 is 1.34 bits per heavy atom.